The molecule has 0 N–H and O–H groups in total. The molecule has 0 radical (unpaired) electrons. The number of alkyl halides is 1. The molecule has 2 heteroatoms. The molecule has 0 spiro atoms. The lowest BCUT2D eigenvalue weighted by Gasteiger charge is -2.16. The maximum atomic E-state index is 6.75. The molecular weight excluding hydrogens is 280 g/mol. The van der Waals surface area contributed by atoms with Crippen LogP contribution in [0.15, 0.2) is 42.5 Å². The summed E-state index contributed by atoms with van der Waals surface area (Å²) in [5.74, 6) is 0.997. The van der Waals surface area contributed by atoms with E-state index >= 15 is 0 Å². The van der Waals surface area contributed by atoms with Crippen LogP contribution in [-0.2, 0) is 12.8 Å². The Morgan fingerprint density at radius 1 is 1.19 bits per heavy atom. The van der Waals surface area contributed by atoms with E-state index in [-0.39, 0.29) is 11.0 Å². The van der Waals surface area contributed by atoms with Gasteiger partial charge in [0.25, 0.3) is 0 Å². The number of hydrogen-bond donors (Lipinski definition) is 0. The van der Waals surface area contributed by atoms with E-state index < -0.39 is 0 Å². The van der Waals surface area contributed by atoms with Crippen LogP contribution < -0.4 is 4.74 Å². The third-order valence-electron chi connectivity index (χ3n) is 4.09. The molecule has 0 saturated carbocycles. The highest BCUT2D eigenvalue weighted by Gasteiger charge is 2.30. The minimum atomic E-state index is -0.107. The molecule has 0 aromatic heterocycles. The van der Waals surface area contributed by atoms with Crippen molar-refractivity contribution in [3.8, 4) is 5.75 Å². The van der Waals surface area contributed by atoms with E-state index in [1.165, 1.54) is 16.7 Å². The van der Waals surface area contributed by atoms with Crippen LogP contribution in [0.5, 0.6) is 5.75 Å². The fourth-order valence-corrected chi connectivity index (χ4v) is 3.42. The van der Waals surface area contributed by atoms with Crippen LogP contribution >= 0.6 is 11.6 Å². The second-order valence-electron chi connectivity index (χ2n) is 6.32. The molecule has 21 heavy (non-hydrogen) atoms. The summed E-state index contributed by atoms with van der Waals surface area (Å²) in [7, 11) is 0. The normalized spacial score (nSPS) is 17.1. The number of rotatable bonds is 3. The van der Waals surface area contributed by atoms with Gasteiger partial charge in [-0.25, -0.2) is 0 Å². The molecule has 0 aliphatic carbocycles. The summed E-state index contributed by atoms with van der Waals surface area (Å²) in [5, 5.41) is -0.102. The van der Waals surface area contributed by atoms with E-state index in [4.69, 9.17) is 16.3 Å². The maximum Gasteiger partial charge on any atom is 0.123 e. The topological polar surface area (TPSA) is 9.23 Å². The van der Waals surface area contributed by atoms with Crippen LogP contribution in [0.3, 0.4) is 0 Å². The fourth-order valence-electron chi connectivity index (χ4n) is 3.07. The van der Waals surface area contributed by atoms with Crippen LogP contribution in [0.25, 0.3) is 0 Å². The standard InChI is InChI=1S/C19H21ClO/c1-4-13-7-5-6-8-16(13)18(20)14-9-10-17-15(11-14)12-19(2,3)21-17/h5-11,18H,4,12H2,1-3H3. The van der Waals surface area contributed by atoms with E-state index in [0.717, 1.165) is 24.2 Å². The molecule has 1 aliphatic heterocycles. The molecular formula is C19H21ClO. The van der Waals surface area contributed by atoms with Gasteiger partial charge in [-0.2, -0.15) is 0 Å². The van der Waals surface area contributed by atoms with Gasteiger partial charge in [0, 0.05) is 6.42 Å². The quantitative estimate of drug-likeness (QED) is 0.700. The van der Waals surface area contributed by atoms with Crippen molar-refractivity contribution in [2.75, 3.05) is 0 Å². The SMILES string of the molecule is CCc1ccccc1C(Cl)c1ccc2c(c1)CC(C)(C)O2. The van der Waals surface area contributed by atoms with E-state index in [9.17, 15) is 0 Å². The van der Waals surface area contributed by atoms with E-state index in [0.29, 0.717) is 0 Å². The van der Waals surface area contributed by atoms with Gasteiger partial charge in [0.15, 0.2) is 0 Å². The first-order valence-corrected chi connectivity index (χ1v) is 7.97. The van der Waals surface area contributed by atoms with Crippen molar-refractivity contribution >= 4 is 11.6 Å². The third-order valence-corrected chi connectivity index (χ3v) is 4.58. The maximum absolute atomic E-state index is 6.75. The number of ether oxygens (including phenoxy) is 1. The highest BCUT2D eigenvalue weighted by molar-refractivity contribution is 6.22. The smallest absolute Gasteiger partial charge is 0.123 e. The number of fused-ring (bicyclic) bond motifs is 1. The second-order valence-corrected chi connectivity index (χ2v) is 6.76. The monoisotopic (exact) mass is 300 g/mol. The largest absolute Gasteiger partial charge is 0.487 e. The molecule has 0 fully saturated rings. The minimum absolute atomic E-state index is 0.102. The van der Waals surface area contributed by atoms with Crippen LogP contribution in [0, 0.1) is 0 Å². The molecule has 1 unspecified atom stereocenters. The molecule has 1 aliphatic rings. The van der Waals surface area contributed by atoms with Crippen molar-refractivity contribution in [3.05, 3.63) is 64.7 Å². The summed E-state index contributed by atoms with van der Waals surface area (Å²) < 4.78 is 5.94. The Bertz CT molecular complexity index is 660. The van der Waals surface area contributed by atoms with Crippen molar-refractivity contribution < 1.29 is 4.74 Å². The van der Waals surface area contributed by atoms with Crippen molar-refractivity contribution in [1.82, 2.24) is 0 Å². The van der Waals surface area contributed by atoms with E-state index in [1.54, 1.807) is 0 Å². The lowest BCUT2D eigenvalue weighted by atomic mass is 9.95. The molecule has 0 saturated heterocycles. The molecule has 2 aromatic carbocycles. The molecule has 2 aromatic rings. The number of benzene rings is 2. The average molecular weight is 301 g/mol. The summed E-state index contributed by atoms with van der Waals surface area (Å²) in [5.41, 5.74) is 4.83. The Morgan fingerprint density at radius 2 is 1.95 bits per heavy atom. The van der Waals surface area contributed by atoms with Crippen molar-refractivity contribution in [1.29, 1.82) is 0 Å². The van der Waals surface area contributed by atoms with Crippen LogP contribution in [-0.4, -0.2) is 5.60 Å². The summed E-state index contributed by atoms with van der Waals surface area (Å²) in [4.78, 5) is 0. The van der Waals surface area contributed by atoms with Gasteiger partial charge in [0.05, 0.1) is 5.38 Å². The molecule has 1 atom stereocenters. The van der Waals surface area contributed by atoms with Crippen LogP contribution in [0.1, 0.15) is 48.4 Å². The first-order valence-electron chi connectivity index (χ1n) is 7.54. The predicted molar refractivity (Wildman–Crippen MR) is 88.4 cm³/mol. The predicted octanol–water partition coefficient (Wildman–Crippen LogP) is 5.29. The Morgan fingerprint density at radius 3 is 2.71 bits per heavy atom. The Hall–Kier alpha value is -1.47. The van der Waals surface area contributed by atoms with E-state index in [1.807, 2.05) is 0 Å². The minimum Gasteiger partial charge on any atom is -0.487 e. The molecule has 0 bridgehead atoms. The van der Waals surface area contributed by atoms with Gasteiger partial charge in [-0.1, -0.05) is 43.3 Å². The average Bonchev–Trinajstić information content (AvgIpc) is 2.79. The first-order chi connectivity index (χ1) is 10.00. The van der Waals surface area contributed by atoms with Gasteiger partial charge >= 0.3 is 0 Å². The van der Waals surface area contributed by atoms with Crippen molar-refractivity contribution in [2.45, 2.75) is 44.6 Å². The summed E-state index contributed by atoms with van der Waals surface area (Å²) in [6.07, 6.45) is 1.94. The van der Waals surface area contributed by atoms with Crippen LogP contribution in [0.4, 0.5) is 0 Å². The lowest BCUT2D eigenvalue weighted by Crippen LogP contribution is -2.24. The number of halogens is 1. The molecule has 1 nitrogen and oxygen atoms in total. The van der Waals surface area contributed by atoms with Gasteiger partial charge in [0.2, 0.25) is 0 Å². The zero-order chi connectivity index (χ0) is 15.0. The highest BCUT2D eigenvalue weighted by atomic mass is 35.5. The van der Waals surface area contributed by atoms with Gasteiger partial charge in [0.1, 0.15) is 11.4 Å². The van der Waals surface area contributed by atoms with Crippen molar-refractivity contribution in [3.63, 3.8) is 0 Å². The van der Waals surface area contributed by atoms with E-state index in [2.05, 4.69) is 63.2 Å². The Labute approximate surface area is 131 Å². The zero-order valence-corrected chi connectivity index (χ0v) is 13.6. The van der Waals surface area contributed by atoms with Gasteiger partial charge in [-0.05, 0) is 48.6 Å². The Kier molecular flexibility index (Phi) is 3.71. The number of hydrogen-bond acceptors (Lipinski definition) is 1. The highest BCUT2D eigenvalue weighted by Crippen LogP contribution is 2.39. The second kappa shape index (κ2) is 5.38. The fraction of sp³-hybridized carbons (Fsp3) is 0.368. The van der Waals surface area contributed by atoms with Gasteiger partial charge < -0.3 is 4.74 Å². The Balaban J connectivity index is 1.95. The van der Waals surface area contributed by atoms with Gasteiger partial charge in [-0.15, -0.1) is 11.6 Å². The zero-order valence-electron chi connectivity index (χ0n) is 12.8. The first kappa shape index (κ1) is 14.5. The van der Waals surface area contributed by atoms with Crippen LogP contribution in [0.2, 0.25) is 0 Å². The summed E-state index contributed by atoms with van der Waals surface area (Å²) in [6, 6.07) is 14.8. The molecule has 110 valence electrons. The molecule has 0 amide bonds. The lowest BCUT2D eigenvalue weighted by molar-refractivity contribution is 0.138. The summed E-state index contributed by atoms with van der Waals surface area (Å²) >= 11 is 6.75. The van der Waals surface area contributed by atoms with Gasteiger partial charge in [-0.3, -0.25) is 0 Å². The third kappa shape index (κ3) is 2.80. The molecule has 3 rings (SSSR count). The number of aryl methyl sites for hydroxylation is 1. The molecule has 1 heterocycles. The van der Waals surface area contributed by atoms with Crippen molar-refractivity contribution in [2.24, 2.45) is 0 Å². The summed E-state index contributed by atoms with van der Waals surface area (Å²) in [6.45, 7) is 6.41.